The zero-order valence-electron chi connectivity index (χ0n) is 20.4. The first-order valence-electron chi connectivity index (χ1n) is 12.1. The number of ether oxygens (including phenoxy) is 1. The van der Waals surface area contributed by atoms with Crippen molar-refractivity contribution in [2.45, 2.75) is 39.0 Å². The Balaban J connectivity index is 1.19. The summed E-state index contributed by atoms with van der Waals surface area (Å²) < 4.78 is 10.8. The van der Waals surface area contributed by atoms with Gasteiger partial charge in [0.1, 0.15) is 5.75 Å². The molecule has 1 aromatic heterocycles. The molecule has 8 nitrogen and oxygen atoms in total. The Morgan fingerprint density at radius 1 is 1.09 bits per heavy atom. The van der Waals surface area contributed by atoms with Crippen molar-refractivity contribution >= 4 is 17.5 Å². The maximum absolute atomic E-state index is 13.2. The summed E-state index contributed by atoms with van der Waals surface area (Å²) in [5.41, 5.74) is 4.04. The summed E-state index contributed by atoms with van der Waals surface area (Å²) in [6, 6.07) is 13.6. The zero-order valence-corrected chi connectivity index (χ0v) is 20.4. The van der Waals surface area contributed by atoms with Gasteiger partial charge in [-0.05, 0) is 62.1 Å². The van der Waals surface area contributed by atoms with Crippen LogP contribution in [-0.4, -0.2) is 53.6 Å². The summed E-state index contributed by atoms with van der Waals surface area (Å²) in [5.74, 6) is 1.76. The molecule has 0 spiro atoms. The molecule has 0 aliphatic carbocycles. The summed E-state index contributed by atoms with van der Waals surface area (Å²) in [6.07, 6.45) is 1.78. The lowest BCUT2D eigenvalue weighted by Gasteiger charge is -2.32. The molecule has 2 amide bonds. The predicted octanol–water partition coefficient (Wildman–Crippen LogP) is 4.12. The molecule has 0 radical (unpaired) electrons. The topological polar surface area (TPSA) is 88.8 Å². The fraction of sp³-hybridized carbons (Fsp3) is 0.407. The number of anilines is 1. The summed E-state index contributed by atoms with van der Waals surface area (Å²) >= 11 is 0. The number of likely N-dealkylation sites (tertiary alicyclic amines) is 1. The number of hydrogen-bond donors (Lipinski definition) is 0. The van der Waals surface area contributed by atoms with Crippen molar-refractivity contribution in [3.05, 3.63) is 59.5 Å². The highest BCUT2D eigenvalue weighted by molar-refractivity contribution is 6.00. The number of aromatic nitrogens is 2. The van der Waals surface area contributed by atoms with Gasteiger partial charge in [0.25, 0.3) is 0 Å². The van der Waals surface area contributed by atoms with Crippen molar-refractivity contribution in [1.82, 2.24) is 15.0 Å². The Morgan fingerprint density at radius 3 is 2.63 bits per heavy atom. The average molecular weight is 475 g/mol. The zero-order chi connectivity index (χ0) is 24.5. The molecule has 2 aromatic carbocycles. The molecule has 2 aliphatic rings. The van der Waals surface area contributed by atoms with Gasteiger partial charge in [-0.2, -0.15) is 4.98 Å². The molecule has 2 aliphatic heterocycles. The molecule has 35 heavy (non-hydrogen) atoms. The van der Waals surface area contributed by atoms with Gasteiger partial charge >= 0.3 is 0 Å². The van der Waals surface area contributed by atoms with Crippen LogP contribution in [0, 0.1) is 19.8 Å². The highest BCUT2D eigenvalue weighted by atomic mass is 16.5. The Hall–Kier alpha value is -3.68. The van der Waals surface area contributed by atoms with Crippen molar-refractivity contribution in [2.24, 2.45) is 5.92 Å². The summed E-state index contributed by atoms with van der Waals surface area (Å²) in [5, 5.41) is 4.15. The van der Waals surface area contributed by atoms with Crippen molar-refractivity contribution < 1.29 is 18.8 Å². The van der Waals surface area contributed by atoms with E-state index < -0.39 is 0 Å². The van der Waals surface area contributed by atoms with Crippen LogP contribution in [0.25, 0.3) is 11.4 Å². The molecule has 0 bridgehead atoms. The van der Waals surface area contributed by atoms with E-state index in [0.29, 0.717) is 31.3 Å². The minimum absolute atomic E-state index is 0.0115. The lowest BCUT2D eigenvalue weighted by molar-refractivity contribution is -0.136. The minimum atomic E-state index is -0.302. The molecule has 3 heterocycles. The van der Waals surface area contributed by atoms with Crippen LogP contribution >= 0.6 is 0 Å². The molecule has 1 unspecified atom stereocenters. The van der Waals surface area contributed by atoms with Crippen LogP contribution in [0.2, 0.25) is 0 Å². The van der Waals surface area contributed by atoms with Gasteiger partial charge in [-0.3, -0.25) is 9.59 Å². The van der Waals surface area contributed by atoms with E-state index in [-0.39, 0.29) is 30.1 Å². The van der Waals surface area contributed by atoms with Gasteiger partial charge in [0.05, 0.1) is 13.0 Å². The van der Waals surface area contributed by atoms with E-state index in [1.807, 2.05) is 54.3 Å². The molecule has 8 heteroatoms. The fourth-order valence-electron chi connectivity index (χ4n) is 4.90. The van der Waals surface area contributed by atoms with Crippen LogP contribution in [0.4, 0.5) is 5.69 Å². The SMILES string of the molecule is COc1cccc(-c2noc(C3CCN(C(=O)C4CC(=O)N(c5ccc(C)c(C)c5)C4)CC3)n2)c1. The molecule has 0 saturated carbocycles. The first kappa shape index (κ1) is 23.1. The van der Waals surface area contributed by atoms with Gasteiger partial charge in [0.2, 0.25) is 23.5 Å². The number of aryl methyl sites for hydroxylation is 2. The van der Waals surface area contributed by atoms with Crippen molar-refractivity contribution in [3.8, 4) is 17.1 Å². The van der Waals surface area contributed by atoms with Gasteiger partial charge in [-0.15, -0.1) is 0 Å². The predicted molar refractivity (Wildman–Crippen MR) is 131 cm³/mol. The van der Waals surface area contributed by atoms with E-state index in [2.05, 4.69) is 17.1 Å². The van der Waals surface area contributed by atoms with Crippen LogP contribution in [0.5, 0.6) is 5.75 Å². The lowest BCUT2D eigenvalue weighted by atomic mass is 9.95. The third kappa shape index (κ3) is 4.65. The second kappa shape index (κ2) is 9.52. The van der Waals surface area contributed by atoms with E-state index in [1.54, 1.807) is 12.0 Å². The van der Waals surface area contributed by atoms with Crippen LogP contribution in [0.15, 0.2) is 47.0 Å². The Labute approximate surface area is 204 Å². The fourth-order valence-corrected chi connectivity index (χ4v) is 4.90. The quantitative estimate of drug-likeness (QED) is 0.553. The highest BCUT2D eigenvalue weighted by Crippen LogP contribution is 2.32. The number of benzene rings is 2. The normalized spacial score (nSPS) is 18.8. The maximum atomic E-state index is 13.2. The average Bonchev–Trinajstić information content (AvgIpc) is 3.53. The molecule has 0 N–H and O–H groups in total. The van der Waals surface area contributed by atoms with E-state index in [9.17, 15) is 9.59 Å². The maximum Gasteiger partial charge on any atom is 0.230 e. The molecular weight excluding hydrogens is 444 g/mol. The molecule has 1 atom stereocenters. The number of carbonyl (C=O) groups is 2. The van der Waals surface area contributed by atoms with Crippen LogP contribution in [-0.2, 0) is 9.59 Å². The highest BCUT2D eigenvalue weighted by Gasteiger charge is 2.38. The molecule has 182 valence electrons. The number of amides is 2. The first-order valence-corrected chi connectivity index (χ1v) is 12.1. The molecular formula is C27H30N4O4. The van der Waals surface area contributed by atoms with E-state index in [1.165, 1.54) is 5.56 Å². The molecule has 2 fully saturated rings. The third-order valence-electron chi connectivity index (χ3n) is 7.20. The number of nitrogens with zero attached hydrogens (tertiary/aromatic N) is 4. The van der Waals surface area contributed by atoms with Crippen molar-refractivity contribution in [1.29, 1.82) is 0 Å². The van der Waals surface area contributed by atoms with Gasteiger partial charge in [0.15, 0.2) is 0 Å². The first-order chi connectivity index (χ1) is 16.9. The monoisotopic (exact) mass is 474 g/mol. The number of rotatable bonds is 5. The van der Waals surface area contributed by atoms with Gasteiger partial charge in [-0.1, -0.05) is 23.4 Å². The van der Waals surface area contributed by atoms with E-state index in [0.717, 1.165) is 35.4 Å². The standard InChI is InChI=1S/C27H30N4O4/c1-17-7-8-22(13-18(17)2)31-16-21(15-24(31)32)27(33)30-11-9-19(10-12-30)26-28-25(29-35-26)20-5-4-6-23(14-20)34-3/h4-8,13-14,19,21H,9-12,15-16H2,1-3H3. The van der Waals surface area contributed by atoms with Crippen LogP contribution in [0.3, 0.4) is 0 Å². The Bertz CT molecular complexity index is 1250. The lowest BCUT2D eigenvalue weighted by Crippen LogP contribution is -2.42. The van der Waals surface area contributed by atoms with Crippen molar-refractivity contribution in [3.63, 3.8) is 0 Å². The minimum Gasteiger partial charge on any atom is -0.497 e. The Morgan fingerprint density at radius 2 is 1.89 bits per heavy atom. The largest absolute Gasteiger partial charge is 0.497 e. The van der Waals surface area contributed by atoms with Crippen LogP contribution < -0.4 is 9.64 Å². The third-order valence-corrected chi connectivity index (χ3v) is 7.20. The van der Waals surface area contributed by atoms with E-state index in [4.69, 9.17) is 9.26 Å². The molecule has 3 aromatic rings. The second-order valence-electron chi connectivity index (χ2n) is 9.46. The summed E-state index contributed by atoms with van der Waals surface area (Å²) in [6.45, 7) is 5.76. The number of carbonyl (C=O) groups excluding carboxylic acids is 2. The van der Waals surface area contributed by atoms with Gasteiger partial charge in [-0.25, -0.2) is 0 Å². The number of piperidine rings is 1. The number of hydrogen-bond acceptors (Lipinski definition) is 6. The number of methoxy groups -OCH3 is 1. The summed E-state index contributed by atoms with van der Waals surface area (Å²) in [4.78, 5) is 34.1. The van der Waals surface area contributed by atoms with Crippen molar-refractivity contribution in [2.75, 3.05) is 31.6 Å². The summed E-state index contributed by atoms with van der Waals surface area (Å²) in [7, 11) is 1.62. The second-order valence-corrected chi connectivity index (χ2v) is 9.46. The van der Waals surface area contributed by atoms with Gasteiger partial charge < -0.3 is 19.1 Å². The Kier molecular flexibility index (Phi) is 6.28. The molecule has 5 rings (SSSR count). The van der Waals surface area contributed by atoms with Crippen LogP contribution in [0.1, 0.15) is 42.2 Å². The van der Waals surface area contributed by atoms with Gasteiger partial charge in [0, 0.05) is 43.2 Å². The molecule has 2 saturated heterocycles. The van der Waals surface area contributed by atoms with E-state index >= 15 is 0 Å². The smallest absolute Gasteiger partial charge is 0.230 e.